The van der Waals surface area contributed by atoms with Gasteiger partial charge in [-0.05, 0) is 99.1 Å². The summed E-state index contributed by atoms with van der Waals surface area (Å²) in [6, 6.07) is 73.4. The Labute approximate surface area is 345 Å². The average molecular weight is 764 g/mol. The Bertz CT molecular complexity index is 2930. The van der Waals surface area contributed by atoms with Crippen LogP contribution in [-0.2, 0) is 6.54 Å². The summed E-state index contributed by atoms with van der Waals surface area (Å²) in [6.45, 7) is 2.72. The number of nitrogens with zero attached hydrogens (tertiary/aromatic N) is 2. The Morgan fingerprint density at radius 3 is 1.61 bits per heavy atom. The number of nitrogen functional groups attached to an aromatic ring is 1. The fraction of sp³-hybridized carbons (Fsp3) is 0.0370. The minimum absolute atomic E-state index is 0.0510. The highest BCUT2D eigenvalue weighted by Crippen LogP contribution is 2.40. The zero-order valence-electron chi connectivity index (χ0n) is 33.0. The zero-order valence-corrected chi connectivity index (χ0v) is 33.0. The van der Waals surface area contributed by atoms with Gasteiger partial charge in [-0.3, -0.25) is 9.98 Å². The molecular formula is C54H45N5. The molecule has 0 aliphatic rings. The molecule has 0 spiro atoms. The minimum atomic E-state index is -0.0510. The molecule has 8 aromatic carbocycles. The Morgan fingerprint density at radius 1 is 0.492 bits per heavy atom. The lowest BCUT2D eigenvalue weighted by molar-refractivity contribution is 1.07. The van der Waals surface area contributed by atoms with E-state index in [1.54, 1.807) is 6.07 Å². The van der Waals surface area contributed by atoms with Crippen LogP contribution in [0.5, 0.6) is 0 Å². The third kappa shape index (κ3) is 8.57. The molecule has 0 saturated carbocycles. The number of benzene rings is 8. The van der Waals surface area contributed by atoms with Crippen LogP contribution in [0.25, 0.3) is 71.8 Å². The Morgan fingerprint density at radius 2 is 1.05 bits per heavy atom. The molecule has 0 amide bonds. The SMILES string of the molecule is Cc1ccccc1.N=C(N)c1cccc(-n2c3cc(-c4cc(-c5ccccc5)cc(-c5ccccc5)c4)ccc3c3c4ccccc4ccc32)n1.NCc1ccccc1. The van der Waals surface area contributed by atoms with Crippen molar-refractivity contribution in [2.75, 3.05) is 0 Å². The molecule has 0 aliphatic heterocycles. The first kappa shape index (κ1) is 38.3. The maximum Gasteiger partial charge on any atom is 0.141 e. The number of hydrogen-bond acceptors (Lipinski definition) is 3. The van der Waals surface area contributed by atoms with E-state index in [0.29, 0.717) is 12.2 Å². The smallest absolute Gasteiger partial charge is 0.141 e. The van der Waals surface area contributed by atoms with Gasteiger partial charge in [0.1, 0.15) is 17.3 Å². The largest absolute Gasteiger partial charge is 0.382 e. The number of nitrogens with two attached hydrogens (primary N) is 2. The Hall–Kier alpha value is -7.60. The second-order valence-corrected chi connectivity index (χ2v) is 14.4. The fourth-order valence-corrected chi connectivity index (χ4v) is 7.45. The van der Waals surface area contributed by atoms with Crippen molar-refractivity contribution in [3.8, 4) is 39.2 Å². The first-order valence-corrected chi connectivity index (χ1v) is 19.8. The molecule has 10 rings (SSSR count). The van der Waals surface area contributed by atoms with Gasteiger partial charge in [0, 0.05) is 17.3 Å². The van der Waals surface area contributed by atoms with E-state index in [-0.39, 0.29) is 5.84 Å². The van der Waals surface area contributed by atoms with Gasteiger partial charge in [-0.1, -0.05) is 175 Å². The van der Waals surface area contributed by atoms with Gasteiger partial charge in [-0.15, -0.1) is 0 Å². The molecule has 0 atom stereocenters. The third-order valence-corrected chi connectivity index (χ3v) is 10.4. The van der Waals surface area contributed by atoms with E-state index in [1.165, 1.54) is 49.5 Å². The Balaban J connectivity index is 0.000000271. The van der Waals surface area contributed by atoms with Crippen LogP contribution in [0.4, 0.5) is 0 Å². The normalized spacial score (nSPS) is 10.7. The molecule has 0 bridgehead atoms. The van der Waals surface area contributed by atoms with Gasteiger partial charge in [-0.25, -0.2) is 4.98 Å². The van der Waals surface area contributed by atoms with Crippen LogP contribution >= 0.6 is 0 Å². The number of rotatable bonds is 6. The van der Waals surface area contributed by atoms with E-state index in [2.05, 4.69) is 157 Å². The summed E-state index contributed by atoms with van der Waals surface area (Å²) in [4.78, 5) is 4.82. The molecular weight excluding hydrogens is 719 g/mol. The number of nitrogens with one attached hydrogen (secondary N) is 1. The monoisotopic (exact) mass is 763 g/mol. The van der Waals surface area contributed by atoms with Crippen molar-refractivity contribution in [2.45, 2.75) is 13.5 Å². The van der Waals surface area contributed by atoms with Crippen molar-refractivity contribution in [2.24, 2.45) is 11.5 Å². The summed E-state index contributed by atoms with van der Waals surface area (Å²) in [5.74, 6) is 0.679. The summed E-state index contributed by atoms with van der Waals surface area (Å²) >= 11 is 0. The summed E-state index contributed by atoms with van der Waals surface area (Å²) in [7, 11) is 0. The minimum Gasteiger partial charge on any atom is -0.382 e. The number of fused-ring (bicyclic) bond motifs is 5. The predicted molar refractivity (Wildman–Crippen MR) is 249 cm³/mol. The lowest BCUT2D eigenvalue weighted by atomic mass is 9.93. The lowest BCUT2D eigenvalue weighted by Crippen LogP contribution is -2.14. The number of aryl methyl sites for hydroxylation is 1. The molecule has 0 radical (unpaired) electrons. The van der Waals surface area contributed by atoms with Crippen LogP contribution < -0.4 is 11.5 Å². The molecule has 0 saturated heterocycles. The first-order chi connectivity index (χ1) is 29.0. The van der Waals surface area contributed by atoms with Crippen molar-refractivity contribution in [3.63, 3.8) is 0 Å². The van der Waals surface area contributed by atoms with Gasteiger partial charge in [0.25, 0.3) is 0 Å². The van der Waals surface area contributed by atoms with E-state index < -0.39 is 0 Å². The summed E-state index contributed by atoms with van der Waals surface area (Å²) in [5.41, 5.74) is 23.3. The van der Waals surface area contributed by atoms with Crippen LogP contribution in [0.1, 0.15) is 16.8 Å². The quantitative estimate of drug-likeness (QED) is 0.116. The van der Waals surface area contributed by atoms with E-state index in [1.807, 2.05) is 60.7 Å². The van der Waals surface area contributed by atoms with Crippen molar-refractivity contribution >= 4 is 38.4 Å². The van der Waals surface area contributed by atoms with Crippen LogP contribution in [-0.4, -0.2) is 15.4 Å². The van der Waals surface area contributed by atoms with Crippen LogP contribution in [0, 0.1) is 12.3 Å². The maximum atomic E-state index is 8.03. The molecule has 0 fully saturated rings. The van der Waals surface area contributed by atoms with Gasteiger partial charge >= 0.3 is 0 Å². The number of amidine groups is 1. The standard InChI is InChI=1S/C40H28N4.C7H9N.C7H8/c41-40(42)35-16-9-17-38(43-35)44-36-21-19-28-14-7-8-15-33(28)39(36)34-20-18-29(25-37(34)44)32-23-30(26-10-3-1-4-11-26)22-31(24-32)27-12-5-2-6-13-27;8-6-7-4-2-1-3-5-7;1-7-5-3-2-4-6-7/h1-25H,(H3,41,42);1-5H,6,8H2;2-6H,1H3. The number of aromatic nitrogens is 2. The maximum absolute atomic E-state index is 8.03. The number of hydrogen-bond donors (Lipinski definition) is 3. The van der Waals surface area contributed by atoms with Crippen molar-refractivity contribution in [3.05, 3.63) is 229 Å². The van der Waals surface area contributed by atoms with Crippen LogP contribution in [0.2, 0.25) is 0 Å². The zero-order chi connectivity index (χ0) is 40.6. The lowest BCUT2D eigenvalue weighted by Gasteiger charge is -2.12. The van der Waals surface area contributed by atoms with Gasteiger partial charge in [0.15, 0.2) is 0 Å². The summed E-state index contributed by atoms with van der Waals surface area (Å²) in [6.07, 6.45) is 0. The van der Waals surface area contributed by atoms with Gasteiger partial charge in [-0.2, -0.15) is 0 Å². The van der Waals surface area contributed by atoms with Crippen LogP contribution in [0.15, 0.2) is 212 Å². The Kier molecular flexibility index (Phi) is 11.5. The third-order valence-electron chi connectivity index (χ3n) is 10.4. The van der Waals surface area contributed by atoms with E-state index in [0.717, 1.165) is 33.4 Å². The molecule has 0 unspecified atom stereocenters. The second-order valence-electron chi connectivity index (χ2n) is 14.4. The van der Waals surface area contributed by atoms with Gasteiger partial charge in [0.2, 0.25) is 0 Å². The van der Waals surface area contributed by atoms with E-state index in [4.69, 9.17) is 21.9 Å². The van der Waals surface area contributed by atoms with Crippen molar-refractivity contribution in [1.82, 2.24) is 9.55 Å². The molecule has 2 aromatic heterocycles. The molecule has 5 heteroatoms. The van der Waals surface area contributed by atoms with Crippen molar-refractivity contribution in [1.29, 1.82) is 5.41 Å². The van der Waals surface area contributed by atoms with Crippen molar-refractivity contribution < 1.29 is 0 Å². The fourth-order valence-electron chi connectivity index (χ4n) is 7.45. The highest BCUT2D eigenvalue weighted by molar-refractivity contribution is 6.21. The molecule has 2 heterocycles. The van der Waals surface area contributed by atoms with E-state index in [9.17, 15) is 0 Å². The number of pyridine rings is 1. The first-order valence-electron chi connectivity index (χ1n) is 19.8. The molecule has 10 aromatic rings. The molecule has 286 valence electrons. The van der Waals surface area contributed by atoms with E-state index >= 15 is 0 Å². The summed E-state index contributed by atoms with van der Waals surface area (Å²) in [5, 5.41) is 12.7. The van der Waals surface area contributed by atoms with Gasteiger partial charge in [0.05, 0.1) is 11.0 Å². The molecule has 5 nitrogen and oxygen atoms in total. The molecule has 0 aliphatic carbocycles. The van der Waals surface area contributed by atoms with Crippen LogP contribution in [0.3, 0.4) is 0 Å². The highest BCUT2D eigenvalue weighted by atomic mass is 15.1. The second kappa shape index (κ2) is 17.7. The highest BCUT2D eigenvalue weighted by Gasteiger charge is 2.18. The molecule has 59 heavy (non-hydrogen) atoms. The molecule has 5 N–H and O–H groups in total. The topological polar surface area (TPSA) is 93.7 Å². The van der Waals surface area contributed by atoms with Gasteiger partial charge < -0.3 is 11.5 Å². The summed E-state index contributed by atoms with van der Waals surface area (Å²) < 4.78 is 2.20. The predicted octanol–water partition coefficient (Wildman–Crippen LogP) is 12.8. The average Bonchev–Trinajstić information content (AvgIpc) is 3.64.